The standard InChI is InChI=1S/C10H15F4NO2/c1-2-17-7-4-3-5-15(6-7)9(16)10(13,14)8(11)12/h7-8H,2-6H2,1H3. The number of alkyl halides is 4. The van der Waals surface area contributed by atoms with Gasteiger partial charge in [0.05, 0.1) is 6.10 Å². The van der Waals surface area contributed by atoms with Crippen LogP contribution in [0, 0.1) is 0 Å². The molecule has 7 heteroatoms. The Morgan fingerprint density at radius 3 is 2.71 bits per heavy atom. The summed E-state index contributed by atoms with van der Waals surface area (Å²) >= 11 is 0. The first-order chi connectivity index (χ1) is 7.89. The molecule has 0 saturated carbocycles. The molecule has 0 aromatic carbocycles. The van der Waals surface area contributed by atoms with E-state index in [0.717, 1.165) is 4.90 Å². The summed E-state index contributed by atoms with van der Waals surface area (Å²) in [7, 11) is 0. The van der Waals surface area contributed by atoms with Crippen LogP contribution in [-0.2, 0) is 9.53 Å². The van der Waals surface area contributed by atoms with E-state index in [-0.39, 0.29) is 19.2 Å². The highest BCUT2D eigenvalue weighted by molar-refractivity contribution is 5.84. The molecule has 0 bridgehead atoms. The SMILES string of the molecule is CCOC1CCCN(C(=O)C(F)(F)C(F)F)C1. The molecular formula is C10H15F4NO2. The van der Waals surface area contributed by atoms with Gasteiger partial charge in [-0.05, 0) is 19.8 Å². The van der Waals surface area contributed by atoms with Crippen LogP contribution in [0.4, 0.5) is 17.6 Å². The van der Waals surface area contributed by atoms with Gasteiger partial charge < -0.3 is 9.64 Å². The molecule has 3 nitrogen and oxygen atoms in total. The maximum absolute atomic E-state index is 12.9. The Kier molecular flexibility index (Phi) is 4.73. The number of carbonyl (C=O) groups excluding carboxylic acids is 1. The van der Waals surface area contributed by atoms with Gasteiger partial charge in [-0.1, -0.05) is 0 Å². The van der Waals surface area contributed by atoms with Gasteiger partial charge in [0.2, 0.25) is 0 Å². The first kappa shape index (κ1) is 14.2. The molecule has 0 aromatic rings. The van der Waals surface area contributed by atoms with E-state index in [2.05, 4.69) is 0 Å². The van der Waals surface area contributed by atoms with Crippen LogP contribution in [-0.4, -0.2) is 49.0 Å². The summed E-state index contributed by atoms with van der Waals surface area (Å²) in [6.45, 7) is 2.17. The van der Waals surface area contributed by atoms with Gasteiger partial charge in [-0.3, -0.25) is 4.79 Å². The van der Waals surface area contributed by atoms with Gasteiger partial charge in [-0.2, -0.15) is 8.78 Å². The molecule has 1 unspecified atom stereocenters. The van der Waals surface area contributed by atoms with Crippen LogP contribution < -0.4 is 0 Å². The first-order valence-electron chi connectivity index (χ1n) is 5.46. The fraction of sp³-hybridized carbons (Fsp3) is 0.900. The zero-order valence-electron chi connectivity index (χ0n) is 9.47. The van der Waals surface area contributed by atoms with Crippen LogP contribution in [0.2, 0.25) is 0 Å². The molecule has 1 amide bonds. The molecule has 1 aliphatic heterocycles. The molecule has 0 radical (unpaired) electrons. The average molecular weight is 257 g/mol. The number of piperidine rings is 1. The third-order valence-electron chi connectivity index (χ3n) is 2.63. The topological polar surface area (TPSA) is 29.5 Å². The number of hydrogen-bond donors (Lipinski definition) is 0. The van der Waals surface area contributed by atoms with Gasteiger partial charge in [0.25, 0.3) is 5.91 Å². The number of nitrogens with zero attached hydrogens (tertiary/aromatic N) is 1. The van der Waals surface area contributed by atoms with Gasteiger partial charge in [-0.15, -0.1) is 0 Å². The number of hydrogen-bond acceptors (Lipinski definition) is 2. The van der Waals surface area contributed by atoms with Crippen LogP contribution in [0.25, 0.3) is 0 Å². The smallest absolute Gasteiger partial charge is 0.377 e. The predicted octanol–water partition coefficient (Wildman–Crippen LogP) is 1.91. The maximum atomic E-state index is 12.9. The molecule has 0 N–H and O–H groups in total. The summed E-state index contributed by atoms with van der Waals surface area (Å²) in [6.07, 6.45) is -3.18. The van der Waals surface area contributed by atoms with Gasteiger partial charge in [0.15, 0.2) is 0 Å². The summed E-state index contributed by atoms with van der Waals surface area (Å²) in [5.41, 5.74) is 0. The fourth-order valence-electron chi connectivity index (χ4n) is 1.80. The van der Waals surface area contributed by atoms with E-state index in [1.165, 1.54) is 0 Å². The van der Waals surface area contributed by atoms with Crippen LogP contribution >= 0.6 is 0 Å². The van der Waals surface area contributed by atoms with E-state index >= 15 is 0 Å². The quantitative estimate of drug-likeness (QED) is 0.720. The number of rotatable bonds is 4. The number of halogens is 4. The molecule has 1 atom stereocenters. The molecule has 0 spiro atoms. The fourth-order valence-corrected chi connectivity index (χ4v) is 1.80. The lowest BCUT2D eigenvalue weighted by atomic mass is 10.1. The van der Waals surface area contributed by atoms with Crippen molar-refractivity contribution in [2.75, 3.05) is 19.7 Å². The zero-order chi connectivity index (χ0) is 13.1. The van der Waals surface area contributed by atoms with Crippen molar-refractivity contribution in [3.63, 3.8) is 0 Å². The second kappa shape index (κ2) is 5.66. The van der Waals surface area contributed by atoms with Crippen molar-refractivity contribution >= 4 is 5.91 Å². The minimum absolute atomic E-state index is 0.0466. The second-order valence-electron chi connectivity index (χ2n) is 3.89. The van der Waals surface area contributed by atoms with Crippen molar-refractivity contribution in [3.8, 4) is 0 Å². The van der Waals surface area contributed by atoms with Crippen LogP contribution in [0.1, 0.15) is 19.8 Å². The Morgan fingerprint density at radius 1 is 1.53 bits per heavy atom. The summed E-state index contributed by atoms with van der Waals surface area (Å²) in [5, 5.41) is 0. The van der Waals surface area contributed by atoms with Crippen molar-refractivity contribution in [2.45, 2.75) is 38.2 Å². The summed E-state index contributed by atoms with van der Waals surface area (Å²) in [6, 6.07) is 0. The third kappa shape index (κ3) is 3.31. The van der Waals surface area contributed by atoms with Crippen molar-refractivity contribution in [2.24, 2.45) is 0 Å². The number of likely N-dealkylation sites (tertiary alicyclic amines) is 1. The largest absolute Gasteiger partial charge is 0.383 e. The minimum atomic E-state index is -4.60. The minimum Gasteiger partial charge on any atom is -0.377 e. The molecular weight excluding hydrogens is 242 g/mol. The highest BCUT2D eigenvalue weighted by atomic mass is 19.3. The molecule has 1 fully saturated rings. The van der Waals surface area contributed by atoms with Crippen LogP contribution in [0.15, 0.2) is 0 Å². The maximum Gasteiger partial charge on any atom is 0.383 e. The average Bonchev–Trinajstić information content (AvgIpc) is 2.28. The number of carbonyl (C=O) groups is 1. The lowest BCUT2D eigenvalue weighted by Crippen LogP contribution is -2.52. The highest BCUT2D eigenvalue weighted by Gasteiger charge is 2.51. The molecule has 17 heavy (non-hydrogen) atoms. The molecule has 100 valence electrons. The summed E-state index contributed by atoms with van der Waals surface area (Å²) in [5.74, 6) is -6.41. The summed E-state index contributed by atoms with van der Waals surface area (Å²) in [4.78, 5) is 12.0. The van der Waals surface area contributed by atoms with Crippen molar-refractivity contribution in [1.29, 1.82) is 0 Å². The van der Waals surface area contributed by atoms with Gasteiger partial charge in [0, 0.05) is 19.7 Å². The second-order valence-corrected chi connectivity index (χ2v) is 3.89. The third-order valence-corrected chi connectivity index (χ3v) is 2.63. The van der Waals surface area contributed by atoms with Crippen molar-refractivity contribution in [3.05, 3.63) is 0 Å². The normalized spacial score (nSPS) is 22.0. The molecule has 1 aliphatic rings. The molecule has 0 aromatic heterocycles. The van der Waals surface area contributed by atoms with Crippen LogP contribution in [0.5, 0.6) is 0 Å². The van der Waals surface area contributed by atoms with E-state index in [9.17, 15) is 22.4 Å². The Morgan fingerprint density at radius 2 is 2.18 bits per heavy atom. The lowest BCUT2D eigenvalue weighted by Gasteiger charge is -2.34. The Hall–Kier alpha value is -0.850. The van der Waals surface area contributed by atoms with Gasteiger partial charge in [-0.25, -0.2) is 8.78 Å². The summed E-state index contributed by atoms with van der Waals surface area (Å²) < 4.78 is 55.0. The lowest BCUT2D eigenvalue weighted by molar-refractivity contribution is -0.183. The predicted molar refractivity (Wildman–Crippen MR) is 52.2 cm³/mol. The number of amides is 1. The van der Waals surface area contributed by atoms with E-state index in [1.807, 2.05) is 0 Å². The van der Waals surface area contributed by atoms with Gasteiger partial charge in [0.1, 0.15) is 0 Å². The van der Waals surface area contributed by atoms with Crippen molar-refractivity contribution < 1.29 is 27.1 Å². The van der Waals surface area contributed by atoms with E-state index in [4.69, 9.17) is 4.74 Å². The molecule has 1 rings (SSSR count). The monoisotopic (exact) mass is 257 g/mol. The van der Waals surface area contributed by atoms with Crippen LogP contribution in [0.3, 0.4) is 0 Å². The molecule has 0 aliphatic carbocycles. The van der Waals surface area contributed by atoms with E-state index < -0.39 is 18.3 Å². The van der Waals surface area contributed by atoms with Gasteiger partial charge >= 0.3 is 12.3 Å². The Balaban J connectivity index is 2.63. The highest BCUT2D eigenvalue weighted by Crippen LogP contribution is 2.27. The molecule has 1 heterocycles. The van der Waals surface area contributed by atoms with E-state index in [1.54, 1.807) is 6.92 Å². The Labute approximate surface area is 96.7 Å². The van der Waals surface area contributed by atoms with Crippen molar-refractivity contribution in [1.82, 2.24) is 4.90 Å². The molecule has 1 saturated heterocycles. The first-order valence-corrected chi connectivity index (χ1v) is 5.46. The Bertz CT molecular complexity index is 271. The van der Waals surface area contributed by atoms with E-state index in [0.29, 0.717) is 19.4 Å². The number of ether oxygens (including phenoxy) is 1. The zero-order valence-corrected chi connectivity index (χ0v) is 9.47.